The van der Waals surface area contributed by atoms with Crippen molar-refractivity contribution in [1.29, 1.82) is 0 Å². The minimum atomic E-state index is -0.353. The van der Waals surface area contributed by atoms with Gasteiger partial charge in [-0.2, -0.15) is 0 Å². The minimum absolute atomic E-state index is 0.239. The molecular weight excluding hydrogens is 402 g/mol. The summed E-state index contributed by atoms with van der Waals surface area (Å²) in [6.07, 6.45) is 0. The number of hydrogen-bond acceptors (Lipinski definition) is 3. The maximum Gasteiger partial charge on any atom is 0.339 e. The number of esters is 1. The van der Waals surface area contributed by atoms with Gasteiger partial charge < -0.3 is 4.74 Å². The number of pyridine rings is 1. The maximum absolute atomic E-state index is 12.8. The smallest absolute Gasteiger partial charge is 0.339 e. The van der Waals surface area contributed by atoms with Crippen molar-refractivity contribution in [2.24, 2.45) is 0 Å². The van der Waals surface area contributed by atoms with Crippen LogP contribution in [-0.2, 0) is 11.3 Å². The van der Waals surface area contributed by atoms with Crippen LogP contribution in [0.2, 0.25) is 0 Å². The number of hydrogen-bond donors (Lipinski definition) is 0. The van der Waals surface area contributed by atoms with Gasteiger partial charge in [0.25, 0.3) is 0 Å². The van der Waals surface area contributed by atoms with Crippen molar-refractivity contribution in [3.63, 3.8) is 0 Å². The molecule has 27 heavy (non-hydrogen) atoms. The van der Waals surface area contributed by atoms with Gasteiger partial charge in [0.2, 0.25) is 0 Å². The molecule has 1 aromatic heterocycles. The van der Waals surface area contributed by atoms with Crippen LogP contribution in [0.3, 0.4) is 0 Å². The number of benzene rings is 3. The highest BCUT2D eigenvalue weighted by molar-refractivity contribution is 9.10. The van der Waals surface area contributed by atoms with Crippen molar-refractivity contribution in [2.45, 2.75) is 6.61 Å². The lowest BCUT2D eigenvalue weighted by molar-refractivity contribution is 0.0475. The number of carbonyl (C=O) groups is 1. The van der Waals surface area contributed by atoms with Gasteiger partial charge in [-0.1, -0.05) is 76.6 Å². The third-order valence-electron chi connectivity index (χ3n) is 4.27. The Morgan fingerprint density at radius 1 is 0.889 bits per heavy atom. The van der Waals surface area contributed by atoms with Crippen LogP contribution < -0.4 is 0 Å². The van der Waals surface area contributed by atoms with Gasteiger partial charge in [0.1, 0.15) is 6.61 Å². The number of aromatic nitrogens is 1. The monoisotopic (exact) mass is 417 g/mol. The Kier molecular flexibility index (Phi) is 4.99. The molecule has 0 unspecified atom stereocenters. The minimum Gasteiger partial charge on any atom is -0.457 e. The van der Waals surface area contributed by atoms with Crippen LogP contribution in [0, 0.1) is 0 Å². The molecule has 132 valence electrons. The van der Waals surface area contributed by atoms with Crippen LogP contribution in [0.25, 0.3) is 22.2 Å². The Hall–Kier alpha value is -2.98. The molecule has 0 N–H and O–H groups in total. The third kappa shape index (κ3) is 3.91. The SMILES string of the molecule is O=C(OCc1ccccc1)c1cc(-c2cccc(Br)c2)nc2ccccc12. The van der Waals surface area contributed by atoms with E-state index in [9.17, 15) is 4.79 Å². The first-order valence-corrected chi connectivity index (χ1v) is 9.37. The summed E-state index contributed by atoms with van der Waals surface area (Å²) < 4.78 is 6.52. The normalized spacial score (nSPS) is 10.7. The largest absolute Gasteiger partial charge is 0.457 e. The summed E-state index contributed by atoms with van der Waals surface area (Å²) in [5.74, 6) is -0.353. The molecule has 0 aliphatic heterocycles. The van der Waals surface area contributed by atoms with Crippen LogP contribution in [-0.4, -0.2) is 11.0 Å². The summed E-state index contributed by atoms with van der Waals surface area (Å²) in [5, 5.41) is 0.786. The average molecular weight is 418 g/mol. The Balaban J connectivity index is 1.73. The van der Waals surface area contributed by atoms with E-state index in [2.05, 4.69) is 15.9 Å². The summed E-state index contributed by atoms with van der Waals surface area (Å²) in [6, 6.07) is 26.9. The lowest BCUT2D eigenvalue weighted by Gasteiger charge is -2.10. The Morgan fingerprint density at radius 3 is 2.48 bits per heavy atom. The Morgan fingerprint density at radius 2 is 1.67 bits per heavy atom. The molecule has 0 bridgehead atoms. The lowest BCUT2D eigenvalue weighted by atomic mass is 10.0. The van der Waals surface area contributed by atoms with Crippen LogP contribution in [0.1, 0.15) is 15.9 Å². The maximum atomic E-state index is 12.8. The highest BCUT2D eigenvalue weighted by Crippen LogP contribution is 2.27. The van der Waals surface area contributed by atoms with Crippen molar-refractivity contribution in [3.05, 3.63) is 101 Å². The molecule has 0 radical (unpaired) electrons. The first-order chi connectivity index (χ1) is 13.2. The van der Waals surface area contributed by atoms with Crippen LogP contribution >= 0.6 is 15.9 Å². The Bertz CT molecular complexity index is 1110. The second-order valence-corrected chi connectivity index (χ2v) is 7.06. The molecule has 4 heteroatoms. The molecule has 0 amide bonds. The number of nitrogens with zero attached hydrogens (tertiary/aromatic N) is 1. The molecule has 0 aliphatic carbocycles. The quantitative estimate of drug-likeness (QED) is 0.381. The second kappa shape index (κ2) is 7.72. The topological polar surface area (TPSA) is 39.2 Å². The standard InChI is InChI=1S/C23H16BrNO2/c24-18-10-6-9-17(13-18)22-14-20(19-11-4-5-12-21(19)25-22)23(26)27-15-16-7-2-1-3-8-16/h1-14H,15H2. The van der Waals surface area contributed by atoms with E-state index < -0.39 is 0 Å². The number of para-hydroxylation sites is 1. The van der Waals surface area contributed by atoms with E-state index in [-0.39, 0.29) is 12.6 Å². The molecule has 4 rings (SSSR count). The van der Waals surface area contributed by atoms with E-state index in [1.54, 1.807) is 6.07 Å². The summed E-state index contributed by atoms with van der Waals surface area (Å²) in [4.78, 5) is 17.5. The predicted molar refractivity (Wildman–Crippen MR) is 110 cm³/mol. The zero-order valence-electron chi connectivity index (χ0n) is 14.4. The fourth-order valence-electron chi connectivity index (χ4n) is 2.94. The third-order valence-corrected chi connectivity index (χ3v) is 4.76. The number of rotatable bonds is 4. The van der Waals surface area contributed by atoms with Gasteiger partial charge in [-0.15, -0.1) is 0 Å². The van der Waals surface area contributed by atoms with E-state index in [0.29, 0.717) is 5.56 Å². The van der Waals surface area contributed by atoms with Gasteiger partial charge in [0, 0.05) is 15.4 Å². The van der Waals surface area contributed by atoms with E-state index in [4.69, 9.17) is 9.72 Å². The van der Waals surface area contributed by atoms with Gasteiger partial charge >= 0.3 is 5.97 Å². The van der Waals surface area contributed by atoms with Crippen LogP contribution in [0.4, 0.5) is 0 Å². The molecule has 1 heterocycles. The predicted octanol–water partition coefficient (Wildman–Crippen LogP) is 6.02. The lowest BCUT2D eigenvalue weighted by Crippen LogP contribution is -2.07. The summed E-state index contributed by atoms with van der Waals surface area (Å²) >= 11 is 3.49. The van der Waals surface area contributed by atoms with Crippen molar-refractivity contribution >= 4 is 32.8 Å². The number of carbonyl (C=O) groups excluding carboxylic acids is 1. The molecule has 3 nitrogen and oxygen atoms in total. The first kappa shape index (κ1) is 17.4. The van der Waals surface area contributed by atoms with Crippen LogP contribution in [0.5, 0.6) is 0 Å². The van der Waals surface area contributed by atoms with E-state index in [0.717, 1.165) is 32.2 Å². The van der Waals surface area contributed by atoms with Crippen molar-refractivity contribution in [3.8, 4) is 11.3 Å². The fraction of sp³-hybridized carbons (Fsp3) is 0.0435. The first-order valence-electron chi connectivity index (χ1n) is 8.57. The summed E-state index contributed by atoms with van der Waals surface area (Å²) in [5.41, 5.74) is 3.92. The van der Waals surface area contributed by atoms with Crippen molar-refractivity contribution in [1.82, 2.24) is 4.98 Å². The number of halogens is 1. The molecule has 4 aromatic rings. The van der Waals surface area contributed by atoms with Gasteiger partial charge in [-0.25, -0.2) is 9.78 Å². The summed E-state index contributed by atoms with van der Waals surface area (Å²) in [6.45, 7) is 0.239. The molecule has 0 saturated carbocycles. The van der Waals surface area contributed by atoms with E-state index in [1.807, 2.05) is 78.9 Å². The number of fused-ring (bicyclic) bond motifs is 1. The molecule has 0 fully saturated rings. The van der Waals surface area contributed by atoms with Gasteiger partial charge in [0.05, 0.1) is 16.8 Å². The van der Waals surface area contributed by atoms with Gasteiger partial charge in [0.15, 0.2) is 0 Å². The zero-order chi connectivity index (χ0) is 18.6. The van der Waals surface area contributed by atoms with Crippen LogP contribution in [0.15, 0.2) is 89.4 Å². The fourth-order valence-corrected chi connectivity index (χ4v) is 3.34. The number of ether oxygens (including phenoxy) is 1. The highest BCUT2D eigenvalue weighted by atomic mass is 79.9. The molecule has 3 aromatic carbocycles. The molecular formula is C23H16BrNO2. The highest BCUT2D eigenvalue weighted by Gasteiger charge is 2.15. The molecule has 0 saturated heterocycles. The van der Waals surface area contributed by atoms with Gasteiger partial charge in [-0.3, -0.25) is 0 Å². The summed E-state index contributed by atoms with van der Waals surface area (Å²) in [7, 11) is 0. The molecule has 0 spiro atoms. The molecule has 0 atom stereocenters. The van der Waals surface area contributed by atoms with E-state index in [1.165, 1.54) is 0 Å². The Labute approximate surface area is 165 Å². The van der Waals surface area contributed by atoms with E-state index >= 15 is 0 Å². The van der Waals surface area contributed by atoms with Crippen molar-refractivity contribution < 1.29 is 9.53 Å². The average Bonchev–Trinajstić information content (AvgIpc) is 2.72. The second-order valence-electron chi connectivity index (χ2n) is 6.14. The van der Waals surface area contributed by atoms with Crippen molar-refractivity contribution in [2.75, 3.05) is 0 Å². The molecule has 0 aliphatic rings. The zero-order valence-corrected chi connectivity index (χ0v) is 16.0. The van der Waals surface area contributed by atoms with Gasteiger partial charge in [-0.05, 0) is 29.8 Å².